The summed E-state index contributed by atoms with van der Waals surface area (Å²) in [6, 6.07) is 4.34. The van der Waals surface area contributed by atoms with Crippen molar-refractivity contribution in [1.82, 2.24) is 9.97 Å². The summed E-state index contributed by atoms with van der Waals surface area (Å²) in [6.07, 6.45) is 1.64. The molecule has 0 spiro atoms. The van der Waals surface area contributed by atoms with Crippen LogP contribution in [0.25, 0.3) is 21.9 Å². The first-order valence-corrected chi connectivity index (χ1v) is 5.56. The Hall–Kier alpha value is -2.28. The van der Waals surface area contributed by atoms with Crippen molar-refractivity contribution in [2.24, 2.45) is 0 Å². The van der Waals surface area contributed by atoms with Gasteiger partial charge in [0.05, 0.1) is 22.7 Å². The van der Waals surface area contributed by atoms with Gasteiger partial charge in [0.15, 0.2) is 5.58 Å². The van der Waals surface area contributed by atoms with E-state index >= 15 is 0 Å². The summed E-state index contributed by atoms with van der Waals surface area (Å²) in [4.78, 5) is 19.1. The number of hydrogen-bond donors (Lipinski definition) is 0. The van der Waals surface area contributed by atoms with Crippen LogP contribution in [0.1, 0.15) is 0 Å². The van der Waals surface area contributed by atoms with Gasteiger partial charge in [-0.2, -0.15) is 0 Å². The molecular weight excluding hydrogens is 242 g/mol. The molecule has 0 aliphatic heterocycles. The van der Waals surface area contributed by atoms with Gasteiger partial charge >= 0.3 is 0 Å². The number of rotatable bonds is 2. The van der Waals surface area contributed by atoms with Crippen molar-refractivity contribution >= 4 is 28.1 Å². The molecule has 0 saturated heterocycles. The van der Waals surface area contributed by atoms with E-state index in [1.807, 2.05) is 0 Å². The van der Waals surface area contributed by atoms with Crippen LogP contribution in [-0.4, -0.2) is 14.9 Å². The second kappa shape index (κ2) is 3.63. The van der Waals surface area contributed by atoms with Crippen LogP contribution in [-0.2, 0) is 0 Å². The standard InChI is InChI=1S/C10H5N3O3S/c14-13(15)6-1-2-7-8(3-6)16-10(12-7)9-4-11-5-17-9/h1-5H. The minimum Gasteiger partial charge on any atom is -0.435 e. The Labute approximate surface area is 98.7 Å². The van der Waals surface area contributed by atoms with Gasteiger partial charge in [-0.1, -0.05) is 0 Å². The summed E-state index contributed by atoms with van der Waals surface area (Å²) in [5.74, 6) is 0.433. The van der Waals surface area contributed by atoms with Gasteiger partial charge in [0.1, 0.15) is 10.4 Å². The molecule has 0 fully saturated rings. The van der Waals surface area contributed by atoms with Crippen molar-refractivity contribution in [2.45, 2.75) is 0 Å². The average molecular weight is 247 g/mol. The molecule has 7 heteroatoms. The molecule has 0 saturated carbocycles. The van der Waals surface area contributed by atoms with Crippen molar-refractivity contribution < 1.29 is 9.34 Å². The zero-order chi connectivity index (χ0) is 11.8. The highest BCUT2D eigenvalue weighted by atomic mass is 32.1. The fraction of sp³-hybridized carbons (Fsp3) is 0. The van der Waals surface area contributed by atoms with Crippen LogP contribution in [0.4, 0.5) is 5.69 Å². The Morgan fingerprint density at radius 1 is 1.41 bits per heavy atom. The molecule has 6 nitrogen and oxygen atoms in total. The third-order valence-corrected chi connectivity index (χ3v) is 2.99. The quantitative estimate of drug-likeness (QED) is 0.513. The number of thiazole rings is 1. The van der Waals surface area contributed by atoms with Gasteiger partial charge in [-0.3, -0.25) is 15.1 Å². The van der Waals surface area contributed by atoms with Crippen LogP contribution in [0.3, 0.4) is 0 Å². The molecule has 3 aromatic rings. The fourth-order valence-electron chi connectivity index (χ4n) is 1.45. The van der Waals surface area contributed by atoms with Gasteiger partial charge < -0.3 is 4.42 Å². The lowest BCUT2D eigenvalue weighted by Crippen LogP contribution is -1.86. The smallest absolute Gasteiger partial charge is 0.273 e. The Balaban J connectivity index is 2.16. The van der Waals surface area contributed by atoms with Crippen LogP contribution >= 0.6 is 11.3 Å². The minimum atomic E-state index is -0.464. The molecule has 17 heavy (non-hydrogen) atoms. The number of aromatic nitrogens is 2. The predicted octanol–water partition coefficient (Wildman–Crippen LogP) is 2.86. The summed E-state index contributed by atoms with van der Waals surface area (Å²) in [5.41, 5.74) is 2.67. The zero-order valence-electron chi connectivity index (χ0n) is 8.36. The third-order valence-electron chi connectivity index (χ3n) is 2.23. The number of hydrogen-bond acceptors (Lipinski definition) is 6. The maximum Gasteiger partial charge on any atom is 0.273 e. The van der Waals surface area contributed by atoms with Crippen molar-refractivity contribution in [3.05, 3.63) is 40.0 Å². The first-order valence-electron chi connectivity index (χ1n) is 4.68. The Morgan fingerprint density at radius 2 is 2.29 bits per heavy atom. The molecule has 0 unspecified atom stereocenters. The number of nitro benzene ring substituents is 1. The lowest BCUT2D eigenvalue weighted by atomic mass is 10.3. The molecule has 0 N–H and O–H groups in total. The second-order valence-electron chi connectivity index (χ2n) is 3.29. The monoisotopic (exact) mass is 247 g/mol. The second-order valence-corrected chi connectivity index (χ2v) is 4.18. The molecule has 3 rings (SSSR count). The summed E-state index contributed by atoms with van der Waals surface area (Å²) >= 11 is 1.40. The average Bonchev–Trinajstić information content (AvgIpc) is 2.96. The highest BCUT2D eigenvalue weighted by molar-refractivity contribution is 7.13. The molecule has 0 aliphatic carbocycles. The first-order chi connectivity index (χ1) is 8.24. The van der Waals surface area contributed by atoms with Gasteiger partial charge in [0.25, 0.3) is 5.69 Å². The Bertz CT molecular complexity index is 690. The molecule has 0 bridgehead atoms. The Kier molecular flexibility index (Phi) is 2.12. The van der Waals surface area contributed by atoms with E-state index in [1.54, 1.807) is 17.8 Å². The van der Waals surface area contributed by atoms with E-state index in [1.165, 1.54) is 23.5 Å². The molecular formula is C10H5N3O3S. The normalized spacial score (nSPS) is 10.8. The highest BCUT2D eigenvalue weighted by Crippen LogP contribution is 2.28. The number of fused-ring (bicyclic) bond motifs is 1. The molecule has 2 aromatic heterocycles. The minimum absolute atomic E-state index is 0.00972. The van der Waals surface area contributed by atoms with E-state index in [4.69, 9.17) is 4.42 Å². The van der Waals surface area contributed by atoms with E-state index < -0.39 is 4.92 Å². The largest absolute Gasteiger partial charge is 0.435 e. The molecule has 1 aromatic carbocycles. The van der Waals surface area contributed by atoms with Crippen LogP contribution in [0, 0.1) is 10.1 Å². The first kappa shape index (κ1) is 9.91. The topological polar surface area (TPSA) is 82.1 Å². The van der Waals surface area contributed by atoms with E-state index in [2.05, 4.69) is 9.97 Å². The van der Waals surface area contributed by atoms with Crippen LogP contribution in [0.15, 0.2) is 34.3 Å². The van der Waals surface area contributed by atoms with Gasteiger partial charge in [-0.25, -0.2) is 4.98 Å². The summed E-state index contributed by atoms with van der Waals surface area (Å²) < 4.78 is 5.46. The van der Waals surface area contributed by atoms with Gasteiger partial charge in [0, 0.05) is 6.07 Å². The van der Waals surface area contributed by atoms with Crippen molar-refractivity contribution in [3.63, 3.8) is 0 Å². The van der Waals surface area contributed by atoms with Gasteiger partial charge in [-0.05, 0) is 6.07 Å². The molecule has 0 aliphatic rings. The molecule has 0 amide bonds. The van der Waals surface area contributed by atoms with Crippen LogP contribution in [0.5, 0.6) is 0 Å². The van der Waals surface area contributed by atoms with Gasteiger partial charge in [0.2, 0.25) is 5.89 Å². The summed E-state index contributed by atoms with van der Waals surface area (Å²) in [7, 11) is 0. The fourth-order valence-corrected chi connectivity index (χ4v) is 2.00. The van der Waals surface area contributed by atoms with E-state index in [-0.39, 0.29) is 5.69 Å². The SMILES string of the molecule is O=[N+]([O-])c1ccc2nc(-c3cncs3)oc2c1. The maximum absolute atomic E-state index is 10.6. The van der Waals surface area contributed by atoms with E-state index in [0.29, 0.717) is 17.0 Å². The van der Waals surface area contributed by atoms with Crippen LogP contribution in [0.2, 0.25) is 0 Å². The van der Waals surface area contributed by atoms with Crippen molar-refractivity contribution in [2.75, 3.05) is 0 Å². The maximum atomic E-state index is 10.6. The number of non-ortho nitro benzene ring substituents is 1. The summed E-state index contributed by atoms with van der Waals surface area (Å²) in [6.45, 7) is 0. The van der Waals surface area contributed by atoms with E-state index in [9.17, 15) is 10.1 Å². The van der Waals surface area contributed by atoms with E-state index in [0.717, 1.165) is 4.88 Å². The number of nitro groups is 1. The van der Waals surface area contributed by atoms with Crippen molar-refractivity contribution in [3.8, 4) is 10.8 Å². The highest BCUT2D eigenvalue weighted by Gasteiger charge is 2.13. The van der Waals surface area contributed by atoms with Crippen LogP contribution < -0.4 is 0 Å². The lowest BCUT2D eigenvalue weighted by Gasteiger charge is -1.88. The Morgan fingerprint density at radius 3 is 3.00 bits per heavy atom. The molecule has 84 valence electrons. The molecule has 0 atom stereocenters. The molecule has 2 heterocycles. The molecule has 0 radical (unpaired) electrons. The van der Waals surface area contributed by atoms with Gasteiger partial charge in [-0.15, -0.1) is 11.3 Å². The third kappa shape index (κ3) is 1.66. The number of benzene rings is 1. The summed E-state index contributed by atoms with van der Waals surface area (Å²) in [5, 5.41) is 10.6. The predicted molar refractivity (Wildman–Crippen MR) is 61.8 cm³/mol. The number of nitrogens with zero attached hydrogens (tertiary/aromatic N) is 3. The zero-order valence-corrected chi connectivity index (χ0v) is 9.18. The lowest BCUT2D eigenvalue weighted by molar-refractivity contribution is -0.384. The number of oxazole rings is 1. The van der Waals surface area contributed by atoms with Crippen molar-refractivity contribution in [1.29, 1.82) is 0 Å².